The van der Waals surface area contributed by atoms with Gasteiger partial charge in [0, 0.05) is 41.4 Å². The van der Waals surface area contributed by atoms with Crippen molar-refractivity contribution >= 4 is 17.4 Å². The van der Waals surface area contributed by atoms with Crippen LogP contribution in [0, 0.1) is 10.1 Å². The first-order valence-electron chi connectivity index (χ1n) is 4.88. The van der Waals surface area contributed by atoms with Gasteiger partial charge in [-0.3, -0.25) is 20.1 Å². The molecule has 0 spiro atoms. The van der Waals surface area contributed by atoms with E-state index in [4.69, 9.17) is 0 Å². The number of nitro groups is 1. The van der Waals surface area contributed by atoms with E-state index in [1.165, 1.54) is 12.1 Å². The average molecular weight is 247 g/mol. The summed E-state index contributed by atoms with van der Waals surface area (Å²) in [5.74, 6) is 0.700. The van der Waals surface area contributed by atoms with Crippen LogP contribution < -0.4 is 0 Å². The Morgan fingerprint density at radius 3 is 2.59 bits per heavy atom. The van der Waals surface area contributed by atoms with E-state index in [9.17, 15) is 10.1 Å². The van der Waals surface area contributed by atoms with Crippen LogP contribution in [0.4, 0.5) is 5.69 Å². The number of hydrogen-bond donors (Lipinski definition) is 0. The first kappa shape index (κ1) is 11.5. The molecule has 0 fully saturated rings. The number of hydrogen-bond acceptors (Lipinski definition) is 5. The normalized spacial score (nSPS) is 10.1. The van der Waals surface area contributed by atoms with E-state index in [0.717, 1.165) is 10.6 Å². The monoisotopic (exact) mass is 247 g/mol. The molecule has 0 amide bonds. The molecule has 0 atom stereocenters. The molecule has 2 rings (SSSR count). The van der Waals surface area contributed by atoms with Crippen molar-refractivity contribution in [2.24, 2.45) is 0 Å². The molecule has 0 saturated carbocycles. The van der Waals surface area contributed by atoms with E-state index in [0.29, 0.717) is 5.75 Å². The summed E-state index contributed by atoms with van der Waals surface area (Å²) >= 11 is 1.57. The predicted molar refractivity (Wildman–Crippen MR) is 64.7 cm³/mol. The van der Waals surface area contributed by atoms with Crippen LogP contribution in [0.3, 0.4) is 0 Å². The number of rotatable bonds is 4. The van der Waals surface area contributed by atoms with E-state index >= 15 is 0 Å². The number of nitro benzene ring substituents is 1. The topological polar surface area (TPSA) is 68.9 Å². The molecular formula is C11H9N3O2S. The van der Waals surface area contributed by atoms with Crippen molar-refractivity contribution in [1.29, 1.82) is 0 Å². The maximum absolute atomic E-state index is 10.5. The first-order chi connectivity index (χ1) is 8.25. The van der Waals surface area contributed by atoms with Crippen molar-refractivity contribution in [3.8, 4) is 0 Å². The van der Waals surface area contributed by atoms with E-state index in [1.54, 1.807) is 42.5 Å². The van der Waals surface area contributed by atoms with Crippen LogP contribution in [0.25, 0.3) is 0 Å². The van der Waals surface area contributed by atoms with Gasteiger partial charge < -0.3 is 0 Å². The minimum Gasteiger partial charge on any atom is -0.261 e. The minimum absolute atomic E-state index is 0.105. The van der Waals surface area contributed by atoms with Crippen LogP contribution in [0.1, 0.15) is 5.69 Å². The van der Waals surface area contributed by atoms with Crippen molar-refractivity contribution in [3.63, 3.8) is 0 Å². The third-order valence-electron chi connectivity index (χ3n) is 2.05. The standard InChI is InChI=1S/C11H9N3O2S/c15-14(16)10-1-3-11(4-2-10)17-8-9-7-12-5-6-13-9/h1-7H,8H2. The highest BCUT2D eigenvalue weighted by atomic mass is 32.2. The summed E-state index contributed by atoms with van der Waals surface area (Å²) in [6, 6.07) is 6.47. The fourth-order valence-electron chi connectivity index (χ4n) is 1.23. The van der Waals surface area contributed by atoms with Gasteiger partial charge in [0.15, 0.2) is 0 Å². The SMILES string of the molecule is O=[N+]([O-])c1ccc(SCc2cnccn2)cc1. The zero-order chi connectivity index (χ0) is 12.1. The molecule has 0 saturated heterocycles. The molecule has 1 aromatic heterocycles. The fraction of sp³-hybridized carbons (Fsp3) is 0.0909. The molecule has 0 radical (unpaired) electrons. The number of benzene rings is 1. The summed E-state index contributed by atoms with van der Waals surface area (Å²) in [4.78, 5) is 19.2. The molecule has 86 valence electrons. The molecule has 5 nitrogen and oxygen atoms in total. The van der Waals surface area contributed by atoms with E-state index in [2.05, 4.69) is 9.97 Å². The minimum atomic E-state index is -0.406. The smallest absolute Gasteiger partial charge is 0.261 e. The summed E-state index contributed by atoms with van der Waals surface area (Å²) in [5, 5.41) is 10.5. The molecule has 1 aromatic carbocycles. The quantitative estimate of drug-likeness (QED) is 0.472. The van der Waals surface area contributed by atoms with Gasteiger partial charge in [0.2, 0.25) is 0 Å². The van der Waals surface area contributed by atoms with Gasteiger partial charge in [-0.25, -0.2) is 0 Å². The third-order valence-corrected chi connectivity index (χ3v) is 3.10. The second kappa shape index (κ2) is 5.40. The van der Waals surface area contributed by atoms with E-state index in [1.807, 2.05) is 0 Å². The second-order valence-corrected chi connectivity index (χ2v) is 4.29. The highest BCUT2D eigenvalue weighted by Gasteiger charge is 2.04. The molecule has 2 aromatic rings. The Morgan fingerprint density at radius 2 is 2.00 bits per heavy atom. The Kier molecular flexibility index (Phi) is 3.66. The zero-order valence-corrected chi connectivity index (χ0v) is 9.63. The second-order valence-electron chi connectivity index (χ2n) is 3.24. The van der Waals surface area contributed by atoms with Gasteiger partial charge in [0.05, 0.1) is 10.6 Å². The Balaban J connectivity index is 1.98. The molecule has 17 heavy (non-hydrogen) atoms. The van der Waals surface area contributed by atoms with Crippen LogP contribution in [0.5, 0.6) is 0 Å². The predicted octanol–water partition coefficient (Wildman–Crippen LogP) is 2.68. The lowest BCUT2D eigenvalue weighted by atomic mass is 10.3. The fourth-order valence-corrected chi connectivity index (χ4v) is 2.02. The average Bonchev–Trinajstić information content (AvgIpc) is 2.38. The van der Waals surface area contributed by atoms with Crippen molar-refractivity contribution in [2.45, 2.75) is 10.6 Å². The van der Waals surface area contributed by atoms with E-state index < -0.39 is 4.92 Å². The summed E-state index contributed by atoms with van der Waals surface area (Å²) < 4.78 is 0. The molecular weight excluding hydrogens is 238 g/mol. The van der Waals surface area contributed by atoms with Crippen LogP contribution in [0.15, 0.2) is 47.8 Å². The summed E-state index contributed by atoms with van der Waals surface area (Å²) in [6.45, 7) is 0. The van der Waals surface area contributed by atoms with Gasteiger partial charge in [0.1, 0.15) is 0 Å². The van der Waals surface area contributed by atoms with E-state index in [-0.39, 0.29) is 5.69 Å². The van der Waals surface area contributed by atoms with Gasteiger partial charge in [-0.05, 0) is 12.1 Å². The number of thioether (sulfide) groups is 1. The van der Waals surface area contributed by atoms with Crippen molar-refractivity contribution in [2.75, 3.05) is 0 Å². The Morgan fingerprint density at radius 1 is 1.24 bits per heavy atom. The summed E-state index contributed by atoms with van der Waals surface area (Å²) in [7, 11) is 0. The first-order valence-corrected chi connectivity index (χ1v) is 5.86. The van der Waals surface area contributed by atoms with Crippen LogP contribution in [0.2, 0.25) is 0 Å². The molecule has 0 unspecified atom stereocenters. The van der Waals surface area contributed by atoms with Gasteiger partial charge in [-0.1, -0.05) is 0 Å². The van der Waals surface area contributed by atoms with Crippen molar-refractivity contribution < 1.29 is 4.92 Å². The highest BCUT2D eigenvalue weighted by Crippen LogP contribution is 2.23. The third kappa shape index (κ3) is 3.25. The lowest BCUT2D eigenvalue weighted by Crippen LogP contribution is -1.88. The van der Waals surface area contributed by atoms with Crippen molar-refractivity contribution in [3.05, 3.63) is 58.7 Å². The van der Waals surface area contributed by atoms with Gasteiger partial charge >= 0.3 is 0 Å². The van der Waals surface area contributed by atoms with Crippen LogP contribution >= 0.6 is 11.8 Å². The van der Waals surface area contributed by atoms with Crippen LogP contribution in [-0.2, 0) is 5.75 Å². The number of nitrogens with zero attached hydrogens (tertiary/aromatic N) is 3. The van der Waals surface area contributed by atoms with Gasteiger partial charge in [-0.2, -0.15) is 0 Å². The zero-order valence-electron chi connectivity index (χ0n) is 8.81. The van der Waals surface area contributed by atoms with Gasteiger partial charge in [-0.15, -0.1) is 11.8 Å². The number of non-ortho nitro benzene ring substituents is 1. The molecule has 0 aliphatic carbocycles. The highest BCUT2D eigenvalue weighted by molar-refractivity contribution is 7.98. The molecule has 6 heteroatoms. The Bertz CT molecular complexity index is 502. The molecule has 0 aliphatic rings. The molecule has 0 N–H and O–H groups in total. The Hall–Kier alpha value is -1.95. The van der Waals surface area contributed by atoms with Gasteiger partial charge in [0.25, 0.3) is 5.69 Å². The van der Waals surface area contributed by atoms with Crippen molar-refractivity contribution in [1.82, 2.24) is 9.97 Å². The lowest BCUT2D eigenvalue weighted by molar-refractivity contribution is -0.384. The Labute approximate surface area is 102 Å². The maximum Gasteiger partial charge on any atom is 0.269 e. The number of aromatic nitrogens is 2. The molecule has 1 heterocycles. The molecule has 0 aliphatic heterocycles. The lowest BCUT2D eigenvalue weighted by Gasteiger charge is -2.00. The summed E-state index contributed by atoms with van der Waals surface area (Å²) in [5.41, 5.74) is 0.990. The summed E-state index contributed by atoms with van der Waals surface area (Å²) in [6.07, 6.45) is 4.98. The maximum atomic E-state index is 10.5. The molecule has 0 bridgehead atoms. The van der Waals surface area contributed by atoms with Crippen LogP contribution in [-0.4, -0.2) is 14.9 Å². The largest absolute Gasteiger partial charge is 0.269 e.